The van der Waals surface area contributed by atoms with Gasteiger partial charge in [0.1, 0.15) is 18.2 Å². The summed E-state index contributed by atoms with van der Waals surface area (Å²) in [5.74, 6) is 2.35. The van der Waals surface area contributed by atoms with E-state index in [1.807, 2.05) is 11.0 Å². The van der Waals surface area contributed by atoms with E-state index in [-0.39, 0.29) is 43.8 Å². The van der Waals surface area contributed by atoms with Crippen LogP contribution in [0, 0.1) is 12.8 Å². The number of oxazole rings is 1. The van der Waals surface area contributed by atoms with E-state index in [0.29, 0.717) is 43.4 Å². The number of nitrogens with one attached hydrogen (secondary N) is 2. The van der Waals surface area contributed by atoms with Gasteiger partial charge in [-0.2, -0.15) is 13.5 Å². The molecule has 2 fully saturated rings. The average Bonchev–Trinajstić information content (AvgIpc) is 3.46. The average molecular weight is 609 g/mol. The molecule has 6 rings (SSSR count). The van der Waals surface area contributed by atoms with Crippen molar-refractivity contribution < 1.29 is 23.8 Å². The molecule has 0 radical (unpaired) electrons. The number of β-amino-alcohol motifs (C(OH)–C–C–N with tert-alkyl or cyclic N) is 1. The van der Waals surface area contributed by atoms with E-state index in [1.54, 1.807) is 24.5 Å². The van der Waals surface area contributed by atoms with E-state index in [2.05, 4.69) is 38.5 Å². The predicted molar refractivity (Wildman–Crippen MR) is 165 cm³/mol. The lowest BCUT2D eigenvalue weighted by molar-refractivity contribution is -0.142. The maximum absolute atomic E-state index is 12.8. The summed E-state index contributed by atoms with van der Waals surface area (Å²) in [7, 11) is 0. The Morgan fingerprint density at radius 2 is 2.07 bits per heavy atom. The van der Waals surface area contributed by atoms with Crippen LogP contribution in [0.4, 0.5) is 5.82 Å². The lowest BCUT2D eigenvalue weighted by Crippen LogP contribution is -2.59. The molecule has 12 heteroatoms. The fourth-order valence-electron chi connectivity index (χ4n) is 5.85. The second kappa shape index (κ2) is 13.8. The number of aliphatic hydroxyl groups excluding tert-OH is 1. The highest BCUT2D eigenvalue weighted by molar-refractivity contribution is 7.59. The van der Waals surface area contributed by atoms with Crippen molar-refractivity contribution in [2.45, 2.75) is 57.9 Å². The molecule has 3 N–H and O–H groups in total. The zero-order valence-corrected chi connectivity index (χ0v) is 25.4. The Labute approximate surface area is 258 Å². The van der Waals surface area contributed by atoms with Gasteiger partial charge in [0.05, 0.1) is 18.3 Å². The molecule has 0 bridgehead atoms. The van der Waals surface area contributed by atoms with Crippen LogP contribution in [0.2, 0.25) is 0 Å². The molecular weight excluding hydrogens is 568 g/mol. The van der Waals surface area contributed by atoms with Crippen LogP contribution in [0.3, 0.4) is 0 Å². The number of hydrogen-bond acceptors (Lipinski definition) is 9. The van der Waals surface area contributed by atoms with Crippen LogP contribution >= 0.6 is 13.5 Å². The predicted octanol–water partition coefficient (Wildman–Crippen LogP) is 2.64. The molecule has 2 aromatic heterocycles. The minimum atomic E-state index is -0.699. The molecule has 1 aliphatic carbocycles. The van der Waals surface area contributed by atoms with Gasteiger partial charge in [-0.05, 0) is 61.1 Å². The topological polar surface area (TPSA) is 133 Å². The molecule has 11 nitrogen and oxygen atoms in total. The summed E-state index contributed by atoms with van der Waals surface area (Å²) in [5, 5.41) is 16.9. The number of pyridine rings is 1. The van der Waals surface area contributed by atoms with E-state index in [4.69, 9.17) is 9.15 Å². The third-order valence-corrected chi connectivity index (χ3v) is 8.56. The molecule has 3 aromatic rings. The number of ether oxygens (including phenoxy) is 1. The van der Waals surface area contributed by atoms with Crippen molar-refractivity contribution in [1.29, 1.82) is 0 Å². The highest BCUT2D eigenvalue weighted by Crippen LogP contribution is 2.31. The molecule has 4 heterocycles. The van der Waals surface area contributed by atoms with Crippen molar-refractivity contribution in [2.75, 3.05) is 38.0 Å². The van der Waals surface area contributed by atoms with Crippen LogP contribution in [0.5, 0.6) is 5.75 Å². The molecule has 2 aliphatic heterocycles. The molecule has 2 amide bonds. The Morgan fingerprint density at radius 1 is 1.23 bits per heavy atom. The second-order valence-electron chi connectivity index (χ2n) is 11.6. The lowest BCUT2D eigenvalue weighted by atomic mass is 9.83. The number of nitrogens with zero attached hydrogens (tertiary/aromatic N) is 4. The number of amides is 2. The maximum Gasteiger partial charge on any atom is 0.251 e. The molecule has 0 unspecified atom stereocenters. The minimum Gasteiger partial charge on any atom is -0.485 e. The largest absolute Gasteiger partial charge is 0.485 e. The molecule has 1 saturated heterocycles. The zero-order valence-electron chi connectivity index (χ0n) is 24.4. The van der Waals surface area contributed by atoms with Gasteiger partial charge >= 0.3 is 0 Å². The first-order valence-corrected chi connectivity index (χ1v) is 14.7. The van der Waals surface area contributed by atoms with Gasteiger partial charge in [0.25, 0.3) is 5.91 Å². The van der Waals surface area contributed by atoms with Crippen molar-refractivity contribution in [3.05, 3.63) is 71.1 Å². The Balaban J connectivity index is 0.00000368. The Bertz CT molecular complexity index is 1410. The number of fused-ring (bicyclic) bond motifs is 1. The van der Waals surface area contributed by atoms with Crippen LogP contribution in [0.25, 0.3) is 0 Å². The standard InChI is InChI=1S/C31H38N6O5.H2S/c1-20-27-8-10-36(14-23(27)5-6-28(20)41-18-26-13-32-19-42-26)17-25(38)12-34-30(39)22-7-9-33-29(11-22)35-24-15-37(16-24)31(40)21-3-2-4-21;/h5-7,9,11,13,19,21,24-25,38H,2-4,8,10,12,14-18H2,1H3,(H,33,35)(H,34,39);1H2/t25-;/m0./s1. The number of carbonyl (C=O) groups is 2. The van der Waals surface area contributed by atoms with Gasteiger partial charge < -0.3 is 29.8 Å². The first-order chi connectivity index (χ1) is 20.4. The summed E-state index contributed by atoms with van der Waals surface area (Å²) in [5.41, 5.74) is 4.11. The quantitative estimate of drug-likeness (QED) is 0.301. The van der Waals surface area contributed by atoms with E-state index < -0.39 is 6.10 Å². The number of aliphatic hydroxyl groups is 1. The molecule has 0 spiro atoms. The van der Waals surface area contributed by atoms with Gasteiger partial charge in [-0.25, -0.2) is 9.97 Å². The smallest absolute Gasteiger partial charge is 0.251 e. The number of carbonyl (C=O) groups excluding carboxylic acids is 2. The summed E-state index contributed by atoms with van der Waals surface area (Å²) in [6.07, 6.45) is 7.97. The lowest BCUT2D eigenvalue weighted by Gasteiger charge is -2.43. The van der Waals surface area contributed by atoms with Gasteiger partial charge in [0.15, 0.2) is 12.2 Å². The summed E-state index contributed by atoms with van der Waals surface area (Å²) in [4.78, 5) is 37.5. The molecule has 3 aliphatic rings. The molecule has 230 valence electrons. The zero-order chi connectivity index (χ0) is 29.1. The first kappa shape index (κ1) is 30.8. The SMILES string of the molecule is Cc1c(OCc2cnco2)ccc2c1CCN(C[C@@H](O)CNC(=O)c1ccnc(NC3CN(C(=O)C4CCC4)C3)c1)C2.S. The molecule has 1 atom stereocenters. The van der Waals surface area contributed by atoms with Crippen LogP contribution in [0.1, 0.15) is 52.1 Å². The van der Waals surface area contributed by atoms with Crippen LogP contribution in [-0.4, -0.2) is 81.6 Å². The van der Waals surface area contributed by atoms with E-state index in [0.717, 1.165) is 50.1 Å². The van der Waals surface area contributed by atoms with Crippen molar-refractivity contribution >= 4 is 31.1 Å². The Morgan fingerprint density at radius 3 is 2.81 bits per heavy atom. The van der Waals surface area contributed by atoms with Crippen LogP contribution in [0.15, 0.2) is 47.5 Å². The van der Waals surface area contributed by atoms with Gasteiger partial charge in [-0.1, -0.05) is 12.5 Å². The van der Waals surface area contributed by atoms with Crippen molar-refractivity contribution in [1.82, 2.24) is 25.1 Å². The summed E-state index contributed by atoms with van der Waals surface area (Å²) in [6, 6.07) is 7.58. The number of aromatic nitrogens is 2. The Hall–Kier alpha value is -3.61. The van der Waals surface area contributed by atoms with Gasteiger partial charge in [-0.3, -0.25) is 14.5 Å². The Kier molecular flexibility index (Phi) is 9.89. The first-order valence-electron chi connectivity index (χ1n) is 14.7. The normalized spacial score (nSPS) is 17.6. The van der Waals surface area contributed by atoms with E-state index in [1.165, 1.54) is 17.5 Å². The van der Waals surface area contributed by atoms with Crippen molar-refractivity contribution in [2.24, 2.45) is 5.92 Å². The molecule has 1 saturated carbocycles. The number of likely N-dealkylation sites (tertiary alicyclic amines) is 1. The third-order valence-electron chi connectivity index (χ3n) is 8.56. The highest BCUT2D eigenvalue weighted by Gasteiger charge is 2.36. The minimum absolute atomic E-state index is 0. The highest BCUT2D eigenvalue weighted by atomic mass is 32.1. The summed E-state index contributed by atoms with van der Waals surface area (Å²) < 4.78 is 11.2. The fraction of sp³-hybridized carbons (Fsp3) is 0.484. The summed E-state index contributed by atoms with van der Waals surface area (Å²) in [6.45, 7) is 5.90. The van der Waals surface area contributed by atoms with Gasteiger partial charge in [-0.15, -0.1) is 0 Å². The molecule has 1 aromatic carbocycles. The number of rotatable bonds is 11. The number of hydrogen-bond donors (Lipinski definition) is 3. The van der Waals surface area contributed by atoms with E-state index in [9.17, 15) is 14.7 Å². The van der Waals surface area contributed by atoms with Crippen molar-refractivity contribution in [3.63, 3.8) is 0 Å². The van der Waals surface area contributed by atoms with Crippen LogP contribution in [-0.2, 0) is 24.4 Å². The maximum atomic E-state index is 12.8. The summed E-state index contributed by atoms with van der Waals surface area (Å²) >= 11 is 0. The molecular formula is C31H40N6O5S. The van der Waals surface area contributed by atoms with Gasteiger partial charge in [0.2, 0.25) is 5.91 Å². The second-order valence-corrected chi connectivity index (χ2v) is 11.6. The van der Waals surface area contributed by atoms with E-state index >= 15 is 0 Å². The monoisotopic (exact) mass is 608 g/mol. The van der Waals surface area contributed by atoms with Crippen molar-refractivity contribution in [3.8, 4) is 5.75 Å². The number of anilines is 1. The third kappa shape index (κ3) is 7.31. The fourth-order valence-corrected chi connectivity index (χ4v) is 5.85. The van der Waals surface area contributed by atoms with Crippen LogP contribution < -0.4 is 15.4 Å². The van der Waals surface area contributed by atoms with Gasteiger partial charge in [0, 0.05) is 56.9 Å². The number of benzene rings is 1. The molecule has 43 heavy (non-hydrogen) atoms.